The van der Waals surface area contributed by atoms with Gasteiger partial charge in [-0.3, -0.25) is 4.68 Å². The van der Waals surface area contributed by atoms with E-state index in [4.69, 9.17) is 0 Å². The molecule has 0 aliphatic rings. The van der Waals surface area contributed by atoms with Gasteiger partial charge in [0.25, 0.3) is 0 Å². The van der Waals surface area contributed by atoms with Crippen molar-refractivity contribution in [2.75, 3.05) is 0 Å². The largest absolute Gasteiger partial charge is 0.508 e. The monoisotopic (exact) mass is 273 g/mol. The van der Waals surface area contributed by atoms with Crippen LogP contribution in [0.1, 0.15) is 49.2 Å². The Kier molecular flexibility index (Phi) is 4.45. The van der Waals surface area contributed by atoms with Crippen molar-refractivity contribution < 1.29 is 5.11 Å². The standard InChI is InChI=1S/C16H23N3O/c1-5-15(13-8-6-7-9-16(13)20)18-11(2)14-10-17-19(4)12(14)3/h6-11,15,18,20H,5H2,1-4H3. The molecule has 0 aliphatic heterocycles. The molecular formula is C16H23N3O. The molecule has 2 atom stereocenters. The number of aromatic nitrogens is 2. The third-order valence-electron chi connectivity index (χ3n) is 3.91. The van der Waals surface area contributed by atoms with Gasteiger partial charge in [-0.05, 0) is 26.3 Å². The van der Waals surface area contributed by atoms with Gasteiger partial charge in [-0.15, -0.1) is 0 Å². The third kappa shape index (κ3) is 2.85. The summed E-state index contributed by atoms with van der Waals surface area (Å²) in [4.78, 5) is 0. The summed E-state index contributed by atoms with van der Waals surface area (Å²) >= 11 is 0. The SMILES string of the molecule is CCC(NC(C)c1cnn(C)c1C)c1ccccc1O. The Morgan fingerprint density at radius 1 is 1.30 bits per heavy atom. The second-order valence-corrected chi connectivity index (χ2v) is 5.22. The molecule has 0 amide bonds. The number of para-hydroxylation sites is 1. The van der Waals surface area contributed by atoms with Crippen LogP contribution in [-0.4, -0.2) is 14.9 Å². The Bertz CT molecular complexity index is 577. The van der Waals surface area contributed by atoms with Crippen molar-refractivity contribution in [2.24, 2.45) is 7.05 Å². The highest BCUT2D eigenvalue weighted by atomic mass is 16.3. The number of aryl methyl sites for hydroxylation is 1. The Labute approximate surface area is 120 Å². The molecule has 2 unspecified atom stereocenters. The van der Waals surface area contributed by atoms with Crippen LogP contribution in [0.2, 0.25) is 0 Å². The first kappa shape index (κ1) is 14.6. The minimum Gasteiger partial charge on any atom is -0.508 e. The van der Waals surface area contributed by atoms with Crippen LogP contribution in [0.15, 0.2) is 30.5 Å². The molecule has 1 heterocycles. The first-order chi connectivity index (χ1) is 9.54. The number of rotatable bonds is 5. The summed E-state index contributed by atoms with van der Waals surface area (Å²) in [5.41, 5.74) is 3.31. The molecule has 2 N–H and O–H groups in total. The van der Waals surface area contributed by atoms with E-state index in [1.54, 1.807) is 6.07 Å². The molecular weight excluding hydrogens is 250 g/mol. The van der Waals surface area contributed by atoms with Gasteiger partial charge in [-0.2, -0.15) is 5.10 Å². The smallest absolute Gasteiger partial charge is 0.120 e. The van der Waals surface area contributed by atoms with Gasteiger partial charge in [0.05, 0.1) is 6.20 Å². The number of hydrogen-bond donors (Lipinski definition) is 2. The van der Waals surface area contributed by atoms with Gasteiger partial charge in [0.15, 0.2) is 0 Å². The number of phenols is 1. The van der Waals surface area contributed by atoms with E-state index in [2.05, 4.69) is 31.2 Å². The Hall–Kier alpha value is -1.81. The Morgan fingerprint density at radius 2 is 2.00 bits per heavy atom. The summed E-state index contributed by atoms with van der Waals surface area (Å²) in [5.74, 6) is 0.349. The summed E-state index contributed by atoms with van der Waals surface area (Å²) in [6.45, 7) is 6.32. The van der Waals surface area contributed by atoms with E-state index in [9.17, 15) is 5.11 Å². The molecule has 0 fully saturated rings. The number of nitrogens with one attached hydrogen (secondary N) is 1. The molecule has 20 heavy (non-hydrogen) atoms. The number of benzene rings is 1. The molecule has 4 heteroatoms. The van der Waals surface area contributed by atoms with E-state index in [1.807, 2.05) is 36.1 Å². The molecule has 4 nitrogen and oxygen atoms in total. The lowest BCUT2D eigenvalue weighted by atomic mass is 10.0. The van der Waals surface area contributed by atoms with Crippen molar-refractivity contribution in [3.63, 3.8) is 0 Å². The van der Waals surface area contributed by atoms with Gasteiger partial charge >= 0.3 is 0 Å². The van der Waals surface area contributed by atoms with E-state index in [-0.39, 0.29) is 12.1 Å². The van der Waals surface area contributed by atoms with Crippen LogP contribution >= 0.6 is 0 Å². The minimum absolute atomic E-state index is 0.130. The zero-order chi connectivity index (χ0) is 14.7. The van der Waals surface area contributed by atoms with Crippen molar-refractivity contribution in [1.82, 2.24) is 15.1 Å². The molecule has 108 valence electrons. The van der Waals surface area contributed by atoms with Crippen LogP contribution in [0.4, 0.5) is 0 Å². The normalized spacial score (nSPS) is 14.2. The third-order valence-corrected chi connectivity index (χ3v) is 3.91. The quantitative estimate of drug-likeness (QED) is 0.879. The van der Waals surface area contributed by atoms with Gasteiger partial charge in [-0.1, -0.05) is 25.1 Å². The van der Waals surface area contributed by atoms with Crippen molar-refractivity contribution in [3.8, 4) is 5.75 Å². The van der Waals surface area contributed by atoms with Gasteiger partial charge in [0.2, 0.25) is 0 Å². The lowest BCUT2D eigenvalue weighted by molar-refractivity contribution is 0.418. The van der Waals surface area contributed by atoms with Crippen molar-refractivity contribution in [2.45, 2.75) is 39.3 Å². The van der Waals surface area contributed by atoms with Crippen molar-refractivity contribution in [3.05, 3.63) is 47.3 Å². The maximum absolute atomic E-state index is 10.00. The van der Waals surface area contributed by atoms with Crippen LogP contribution < -0.4 is 5.32 Å². The Morgan fingerprint density at radius 3 is 2.55 bits per heavy atom. The second kappa shape index (κ2) is 6.09. The molecule has 1 aromatic carbocycles. The van der Waals surface area contributed by atoms with Crippen LogP contribution in [0, 0.1) is 6.92 Å². The van der Waals surface area contributed by atoms with Crippen LogP contribution in [0.5, 0.6) is 5.75 Å². The maximum Gasteiger partial charge on any atom is 0.120 e. The highest BCUT2D eigenvalue weighted by Crippen LogP contribution is 2.28. The number of aromatic hydroxyl groups is 1. The topological polar surface area (TPSA) is 50.1 Å². The summed E-state index contributed by atoms with van der Waals surface area (Å²) in [6.07, 6.45) is 2.83. The van der Waals surface area contributed by atoms with Gasteiger partial charge < -0.3 is 10.4 Å². The lowest BCUT2D eigenvalue weighted by Gasteiger charge is -2.23. The number of nitrogens with zero attached hydrogens (tertiary/aromatic N) is 2. The molecule has 0 spiro atoms. The van der Waals surface area contributed by atoms with E-state index in [0.717, 1.165) is 17.7 Å². The summed E-state index contributed by atoms with van der Waals surface area (Å²) in [7, 11) is 1.95. The van der Waals surface area contributed by atoms with Crippen LogP contribution in [-0.2, 0) is 7.05 Å². The molecule has 0 bridgehead atoms. The fourth-order valence-electron chi connectivity index (χ4n) is 2.54. The summed E-state index contributed by atoms with van der Waals surface area (Å²) < 4.78 is 1.88. The molecule has 2 aromatic rings. The average Bonchev–Trinajstić information content (AvgIpc) is 2.77. The van der Waals surface area contributed by atoms with Crippen LogP contribution in [0.3, 0.4) is 0 Å². The fraction of sp³-hybridized carbons (Fsp3) is 0.438. The lowest BCUT2D eigenvalue weighted by Crippen LogP contribution is -2.24. The first-order valence-electron chi connectivity index (χ1n) is 7.07. The van der Waals surface area contributed by atoms with Crippen molar-refractivity contribution >= 4 is 0 Å². The van der Waals surface area contributed by atoms with Crippen LogP contribution in [0.25, 0.3) is 0 Å². The molecule has 0 aliphatic carbocycles. The molecule has 0 saturated heterocycles. The minimum atomic E-state index is 0.130. The zero-order valence-electron chi connectivity index (χ0n) is 12.6. The fourth-order valence-corrected chi connectivity index (χ4v) is 2.54. The predicted molar refractivity (Wildman–Crippen MR) is 80.6 cm³/mol. The molecule has 2 rings (SSSR count). The molecule has 1 aromatic heterocycles. The van der Waals surface area contributed by atoms with E-state index in [1.165, 1.54) is 5.56 Å². The van der Waals surface area contributed by atoms with Crippen molar-refractivity contribution in [1.29, 1.82) is 0 Å². The predicted octanol–water partition coefficient (Wildman–Crippen LogP) is 3.24. The molecule has 0 radical (unpaired) electrons. The maximum atomic E-state index is 10.00. The summed E-state index contributed by atoms with van der Waals surface area (Å²) in [5, 5.41) is 17.9. The number of hydrogen-bond acceptors (Lipinski definition) is 3. The van der Waals surface area contributed by atoms with E-state index in [0.29, 0.717) is 5.75 Å². The van der Waals surface area contributed by atoms with Gasteiger partial charge in [0, 0.05) is 36.0 Å². The first-order valence-corrected chi connectivity index (χ1v) is 7.07. The molecule has 0 saturated carbocycles. The highest BCUT2D eigenvalue weighted by Gasteiger charge is 2.18. The van der Waals surface area contributed by atoms with Gasteiger partial charge in [-0.25, -0.2) is 0 Å². The van der Waals surface area contributed by atoms with E-state index >= 15 is 0 Å². The second-order valence-electron chi connectivity index (χ2n) is 5.22. The van der Waals surface area contributed by atoms with Gasteiger partial charge in [0.1, 0.15) is 5.75 Å². The number of phenolic OH excluding ortho intramolecular Hbond substituents is 1. The Balaban J connectivity index is 2.19. The highest BCUT2D eigenvalue weighted by molar-refractivity contribution is 5.35. The summed E-state index contributed by atoms with van der Waals surface area (Å²) in [6, 6.07) is 7.83. The average molecular weight is 273 g/mol. The zero-order valence-corrected chi connectivity index (χ0v) is 12.6. The van der Waals surface area contributed by atoms with E-state index < -0.39 is 0 Å².